The lowest BCUT2D eigenvalue weighted by Gasteiger charge is -2.22. The fraction of sp³-hybridized carbons (Fsp3) is 0.625. The second-order valence-electron chi connectivity index (χ2n) is 5.56. The Morgan fingerprint density at radius 1 is 1.24 bits per heavy atom. The van der Waals surface area contributed by atoms with E-state index in [2.05, 4.69) is 5.32 Å². The van der Waals surface area contributed by atoms with Gasteiger partial charge in [0.15, 0.2) is 5.75 Å². The lowest BCUT2D eigenvalue weighted by Crippen LogP contribution is -2.20. The minimum Gasteiger partial charge on any atom is -0.487 e. The van der Waals surface area contributed by atoms with Gasteiger partial charge in [-0.25, -0.2) is 0 Å². The highest BCUT2D eigenvalue weighted by molar-refractivity contribution is 5.58. The zero-order chi connectivity index (χ0) is 15.1. The van der Waals surface area contributed by atoms with Crippen molar-refractivity contribution in [1.29, 1.82) is 0 Å². The van der Waals surface area contributed by atoms with Gasteiger partial charge >= 0.3 is 5.69 Å². The zero-order valence-corrected chi connectivity index (χ0v) is 12.6. The summed E-state index contributed by atoms with van der Waals surface area (Å²) < 4.78 is 5.39. The number of hydrogen-bond acceptors (Lipinski definition) is 4. The van der Waals surface area contributed by atoms with Crippen LogP contribution in [0.15, 0.2) is 18.2 Å². The first-order valence-electron chi connectivity index (χ1n) is 7.88. The van der Waals surface area contributed by atoms with Crippen LogP contribution in [0.3, 0.4) is 0 Å². The van der Waals surface area contributed by atoms with Gasteiger partial charge in [-0.2, -0.15) is 0 Å². The normalized spacial score (nSPS) is 16.8. The quantitative estimate of drug-likeness (QED) is 0.640. The molecule has 0 amide bonds. The summed E-state index contributed by atoms with van der Waals surface area (Å²) in [6, 6.07) is 5.51. The Kier molecular flexibility index (Phi) is 5.84. The Hall–Kier alpha value is -1.78. The second-order valence-corrected chi connectivity index (χ2v) is 5.56. The molecule has 0 unspecified atom stereocenters. The standard InChI is InChI=1S/C16H24N2O3/c1-2-21-16-12-14(10-11-15(16)18(19)20)17-13-8-6-4-3-5-7-9-13/h10-13,17H,2-9H2,1H3. The SMILES string of the molecule is CCOc1cc(NC2CCCCCCC2)ccc1[N+](=O)[O-]. The molecule has 1 N–H and O–H groups in total. The van der Waals surface area contributed by atoms with Gasteiger partial charge in [-0.15, -0.1) is 0 Å². The number of hydrogen-bond donors (Lipinski definition) is 1. The first kappa shape index (κ1) is 15.6. The molecular formula is C16H24N2O3. The van der Waals surface area contributed by atoms with Gasteiger partial charge < -0.3 is 10.1 Å². The van der Waals surface area contributed by atoms with Crippen LogP contribution in [0.1, 0.15) is 51.9 Å². The Labute approximate surface area is 125 Å². The molecule has 0 heterocycles. The minimum absolute atomic E-state index is 0.0278. The molecule has 5 heteroatoms. The topological polar surface area (TPSA) is 64.4 Å². The molecule has 1 aromatic carbocycles. The number of nitrogens with one attached hydrogen (secondary N) is 1. The summed E-state index contributed by atoms with van der Waals surface area (Å²) in [5.41, 5.74) is 0.940. The molecule has 1 fully saturated rings. The molecule has 0 atom stereocenters. The van der Waals surface area contributed by atoms with Crippen molar-refractivity contribution in [2.24, 2.45) is 0 Å². The van der Waals surface area contributed by atoms with E-state index >= 15 is 0 Å². The van der Waals surface area contributed by atoms with Gasteiger partial charge in [-0.3, -0.25) is 10.1 Å². The van der Waals surface area contributed by atoms with Gasteiger partial charge in [-0.05, 0) is 25.8 Å². The van der Waals surface area contributed by atoms with Crippen molar-refractivity contribution in [3.8, 4) is 5.75 Å². The smallest absolute Gasteiger partial charge is 0.311 e. The van der Waals surface area contributed by atoms with E-state index in [1.807, 2.05) is 6.92 Å². The number of nitro groups is 1. The molecule has 0 spiro atoms. The van der Waals surface area contributed by atoms with Crippen molar-refractivity contribution >= 4 is 11.4 Å². The first-order chi connectivity index (χ1) is 10.2. The lowest BCUT2D eigenvalue weighted by atomic mass is 9.96. The zero-order valence-electron chi connectivity index (χ0n) is 12.6. The summed E-state index contributed by atoms with van der Waals surface area (Å²) in [7, 11) is 0. The molecule has 1 aliphatic rings. The highest BCUT2D eigenvalue weighted by atomic mass is 16.6. The monoisotopic (exact) mass is 292 g/mol. The van der Waals surface area contributed by atoms with Crippen LogP contribution in [0, 0.1) is 10.1 Å². The van der Waals surface area contributed by atoms with E-state index in [4.69, 9.17) is 4.74 Å². The van der Waals surface area contributed by atoms with Crippen molar-refractivity contribution in [2.45, 2.75) is 57.9 Å². The fourth-order valence-electron chi connectivity index (χ4n) is 2.86. The van der Waals surface area contributed by atoms with E-state index in [1.165, 1.54) is 51.0 Å². The predicted molar refractivity (Wildman–Crippen MR) is 84.0 cm³/mol. The molecule has 0 radical (unpaired) electrons. The summed E-state index contributed by atoms with van der Waals surface area (Å²) >= 11 is 0. The molecule has 0 saturated heterocycles. The molecule has 21 heavy (non-hydrogen) atoms. The molecule has 0 aliphatic heterocycles. The van der Waals surface area contributed by atoms with E-state index in [9.17, 15) is 10.1 Å². The number of ether oxygens (including phenoxy) is 1. The maximum absolute atomic E-state index is 11.0. The third-order valence-electron chi connectivity index (χ3n) is 3.93. The van der Waals surface area contributed by atoms with Gasteiger partial charge in [0, 0.05) is 23.9 Å². The van der Waals surface area contributed by atoms with Crippen LogP contribution in [0.4, 0.5) is 11.4 Å². The van der Waals surface area contributed by atoms with Crippen LogP contribution < -0.4 is 10.1 Å². The first-order valence-corrected chi connectivity index (χ1v) is 7.88. The largest absolute Gasteiger partial charge is 0.487 e. The average Bonchev–Trinajstić information content (AvgIpc) is 2.42. The van der Waals surface area contributed by atoms with Crippen molar-refractivity contribution in [3.05, 3.63) is 28.3 Å². The van der Waals surface area contributed by atoms with Crippen LogP contribution in [0.5, 0.6) is 5.75 Å². The van der Waals surface area contributed by atoms with Crippen molar-refractivity contribution in [2.75, 3.05) is 11.9 Å². The van der Waals surface area contributed by atoms with Crippen LogP contribution >= 0.6 is 0 Å². The molecule has 2 rings (SSSR count). The van der Waals surface area contributed by atoms with Crippen molar-refractivity contribution in [1.82, 2.24) is 0 Å². The number of nitrogens with zero attached hydrogens (tertiary/aromatic N) is 1. The third kappa shape index (κ3) is 4.62. The number of benzene rings is 1. The molecule has 116 valence electrons. The molecular weight excluding hydrogens is 268 g/mol. The highest BCUT2D eigenvalue weighted by Gasteiger charge is 2.17. The number of nitro benzene ring substituents is 1. The summed E-state index contributed by atoms with van der Waals surface area (Å²) in [6.07, 6.45) is 8.80. The fourth-order valence-corrected chi connectivity index (χ4v) is 2.86. The molecule has 1 saturated carbocycles. The Morgan fingerprint density at radius 2 is 1.90 bits per heavy atom. The summed E-state index contributed by atoms with van der Waals surface area (Å²) in [4.78, 5) is 10.6. The molecule has 1 aliphatic carbocycles. The summed E-state index contributed by atoms with van der Waals surface area (Å²) in [5, 5.41) is 14.5. The Morgan fingerprint density at radius 3 is 2.52 bits per heavy atom. The number of anilines is 1. The molecule has 0 aromatic heterocycles. The summed E-state index contributed by atoms with van der Waals surface area (Å²) in [5.74, 6) is 0.346. The van der Waals surface area contributed by atoms with E-state index in [-0.39, 0.29) is 5.69 Å². The van der Waals surface area contributed by atoms with Crippen LogP contribution in [-0.2, 0) is 0 Å². The average molecular weight is 292 g/mol. The maximum atomic E-state index is 11.0. The Bertz CT molecular complexity index is 469. The van der Waals surface area contributed by atoms with Crippen molar-refractivity contribution in [3.63, 3.8) is 0 Å². The van der Waals surface area contributed by atoms with Gasteiger partial charge in [0.2, 0.25) is 0 Å². The van der Waals surface area contributed by atoms with Crippen LogP contribution in [0.25, 0.3) is 0 Å². The maximum Gasteiger partial charge on any atom is 0.311 e. The van der Waals surface area contributed by atoms with Gasteiger partial charge in [0.05, 0.1) is 11.5 Å². The number of rotatable bonds is 5. The van der Waals surface area contributed by atoms with E-state index in [1.54, 1.807) is 12.1 Å². The van der Waals surface area contributed by atoms with Crippen LogP contribution in [0.2, 0.25) is 0 Å². The molecule has 1 aromatic rings. The van der Waals surface area contributed by atoms with E-state index in [0.717, 1.165) is 5.69 Å². The van der Waals surface area contributed by atoms with Crippen molar-refractivity contribution < 1.29 is 9.66 Å². The van der Waals surface area contributed by atoms with Gasteiger partial charge in [-0.1, -0.05) is 32.1 Å². The second kappa shape index (κ2) is 7.86. The van der Waals surface area contributed by atoms with E-state index in [0.29, 0.717) is 18.4 Å². The van der Waals surface area contributed by atoms with Gasteiger partial charge in [0.25, 0.3) is 0 Å². The summed E-state index contributed by atoms with van der Waals surface area (Å²) in [6.45, 7) is 2.26. The Balaban J connectivity index is 2.08. The molecule has 0 bridgehead atoms. The predicted octanol–water partition coefficient (Wildman–Crippen LogP) is 4.52. The van der Waals surface area contributed by atoms with Crippen LogP contribution in [-0.4, -0.2) is 17.6 Å². The van der Waals surface area contributed by atoms with Gasteiger partial charge in [0.1, 0.15) is 0 Å². The van der Waals surface area contributed by atoms with E-state index < -0.39 is 4.92 Å². The minimum atomic E-state index is -0.398. The third-order valence-corrected chi connectivity index (χ3v) is 3.93. The molecule has 5 nitrogen and oxygen atoms in total. The highest BCUT2D eigenvalue weighted by Crippen LogP contribution is 2.31. The lowest BCUT2D eigenvalue weighted by molar-refractivity contribution is -0.385.